The lowest BCUT2D eigenvalue weighted by Crippen LogP contribution is -2.10. The molecule has 1 aromatic rings. The van der Waals surface area contributed by atoms with Gasteiger partial charge in [0, 0.05) is 5.57 Å². The van der Waals surface area contributed by atoms with Gasteiger partial charge in [-0.05, 0) is 29.5 Å². The summed E-state index contributed by atoms with van der Waals surface area (Å²) in [5.74, 6) is -0.287. The van der Waals surface area contributed by atoms with Gasteiger partial charge in [-0.25, -0.2) is 4.79 Å². The van der Waals surface area contributed by atoms with Crippen LogP contribution in [0.2, 0.25) is 0 Å². The molecule has 0 aromatic heterocycles. The summed E-state index contributed by atoms with van der Waals surface area (Å²) in [4.78, 5) is 11.3. The van der Waals surface area contributed by atoms with Gasteiger partial charge >= 0.3 is 5.97 Å². The highest BCUT2D eigenvalue weighted by Gasteiger charge is 2.12. The van der Waals surface area contributed by atoms with E-state index in [0.717, 1.165) is 5.56 Å². The number of hydrogen-bond donors (Lipinski definition) is 0. The van der Waals surface area contributed by atoms with Gasteiger partial charge in [0.1, 0.15) is 0 Å². The second-order valence-electron chi connectivity index (χ2n) is 5.19. The summed E-state index contributed by atoms with van der Waals surface area (Å²) < 4.78 is 4.65. The van der Waals surface area contributed by atoms with Gasteiger partial charge in [0.2, 0.25) is 0 Å². The third-order valence-corrected chi connectivity index (χ3v) is 2.67. The third kappa shape index (κ3) is 3.74. The SMILES string of the molecule is COC(=O)C(C)=Cc1ccc(C(C)(C)C)cc1. The highest BCUT2D eigenvalue weighted by Crippen LogP contribution is 2.22. The maximum atomic E-state index is 11.3. The predicted octanol–water partition coefficient (Wildman–Crippen LogP) is 3.56. The predicted molar refractivity (Wildman–Crippen MR) is 70.8 cm³/mol. The molecule has 17 heavy (non-hydrogen) atoms. The molecule has 0 spiro atoms. The fourth-order valence-corrected chi connectivity index (χ4v) is 1.55. The normalized spacial score (nSPS) is 12.4. The Morgan fingerprint density at radius 3 is 2.12 bits per heavy atom. The molecule has 1 aromatic carbocycles. The second kappa shape index (κ2) is 5.17. The number of benzene rings is 1. The number of hydrogen-bond acceptors (Lipinski definition) is 2. The van der Waals surface area contributed by atoms with E-state index in [0.29, 0.717) is 5.57 Å². The summed E-state index contributed by atoms with van der Waals surface area (Å²) in [5, 5.41) is 0. The summed E-state index contributed by atoms with van der Waals surface area (Å²) in [6.07, 6.45) is 1.83. The molecule has 0 fully saturated rings. The standard InChI is InChI=1S/C15H20O2/c1-11(14(16)17-5)10-12-6-8-13(9-7-12)15(2,3)4/h6-10H,1-5H3. The first-order chi connectivity index (χ1) is 7.84. The molecule has 0 atom stereocenters. The third-order valence-electron chi connectivity index (χ3n) is 2.67. The molecule has 0 saturated heterocycles. The molecule has 0 aliphatic rings. The van der Waals surface area contributed by atoms with E-state index in [9.17, 15) is 4.79 Å². The molecule has 0 bridgehead atoms. The Morgan fingerprint density at radius 2 is 1.71 bits per heavy atom. The van der Waals surface area contributed by atoms with E-state index in [1.807, 2.05) is 18.2 Å². The maximum Gasteiger partial charge on any atom is 0.333 e. The van der Waals surface area contributed by atoms with Crippen LogP contribution < -0.4 is 0 Å². The van der Waals surface area contributed by atoms with Gasteiger partial charge in [-0.15, -0.1) is 0 Å². The van der Waals surface area contributed by atoms with Gasteiger partial charge in [-0.1, -0.05) is 45.0 Å². The number of carbonyl (C=O) groups excluding carboxylic acids is 1. The number of ether oxygens (including phenoxy) is 1. The fourth-order valence-electron chi connectivity index (χ4n) is 1.55. The Balaban J connectivity index is 2.93. The van der Waals surface area contributed by atoms with Crippen molar-refractivity contribution < 1.29 is 9.53 Å². The van der Waals surface area contributed by atoms with Gasteiger partial charge in [0.05, 0.1) is 7.11 Å². The molecule has 2 heteroatoms. The molecule has 0 unspecified atom stereocenters. The maximum absolute atomic E-state index is 11.3. The van der Waals surface area contributed by atoms with Crippen LogP contribution in [-0.2, 0) is 14.9 Å². The molecule has 0 amide bonds. The van der Waals surface area contributed by atoms with Crippen LogP contribution >= 0.6 is 0 Å². The first-order valence-electron chi connectivity index (χ1n) is 5.72. The van der Waals surface area contributed by atoms with Gasteiger partial charge < -0.3 is 4.74 Å². The minimum absolute atomic E-state index is 0.152. The molecular formula is C15H20O2. The van der Waals surface area contributed by atoms with Crippen LogP contribution in [0.25, 0.3) is 6.08 Å². The molecule has 0 heterocycles. The summed E-state index contributed by atoms with van der Waals surface area (Å²) in [5.41, 5.74) is 3.06. The van der Waals surface area contributed by atoms with Crippen LogP contribution in [0.1, 0.15) is 38.8 Å². The molecule has 0 saturated carbocycles. The van der Waals surface area contributed by atoms with Gasteiger partial charge in [-0.3, -0.25) is 0 Å². The topological polar surface area (TPSA) is 26.3 Å². The smallest absolute Gasteiger partial charge is 0.333 e. The van der Waals surface area contributed by atoms with Crippen LogP contribution in [0, 0.1) is 0 Å². The molecule has 0 N–H and O–H groups in total. The second-order valence-corrected chi connectivity index (χ2v) is 5.19. The minimum atomic E-state index is -0.287. The largest absolute Gasteiger partial charge is 0.466 e. The molecule has 1 rings (SSSR count). The molecular weight excluding hydrogens is 212 g/mol. The Bertz CT molecular complexity index is 419. The lowest BCUT2D eigenvalue weighted by Gasteiger charge is -2.18. The van der Waals surface area contributed by atoms with E-state index in [1.165, 1.54) is 12.7 Å². The zero-order chi connectivity index (χ0) is 13.1. The Hall–Kier alpha value is -1.57. The van der Waals surface area contributed by atoms with Crippen LogP contribution in [0.5, 0.6) is 0 Å². The molecule has 0 aliphatic carbocycles. The quantitative estimate of drug-likeness (QED) is 0.575. The van der Waals surface area contributed by atoms with E-state index < -0.39 is 0 Å². The summed E-state index contributed by atoms with van der Waals surface area (Å²) in [6.45, 7) is 8.29. The first kappa shape index (κ1) is 13.5. The van der Waals surface area contributed by atoms with Gasteiger partial charge in [-0.2, -0.15) is 0 Å². The lowest BCUT2D eigenvalue weighted by molar-refractivity contribution is -0.135. The fraction of sp³-hybridized carbons (Fsp3) is 0.400. The van der Waals surface area contributed by atoms with Crippen LogP contribution in [0.3, 0.4) is 0 Å². The molecule has 92 valence electrons. The van der Waals surface area contributed by atoms with Crippen molar-refractivity contribution in [2.75, 3.05) is 7.11 Å². The van der Waals surface area contributed by atoms with Gasteiger partial charge in [0.15, 0.2) is 0 Å². The van der Waals surface area contributed by atoms with E-state index in [-0.39, 0.29) is 11.4 Å². The first-order valence-corrected chi connectivity index (χ1v) is 5.72. The minimum Gasteiger partial charge on any atom is -0.466 e. The van der Waals surface area contributed by atoms with Crippen molar-refractivity contribution in [2.45, 2.75) is 33.1 Å². The van der Waals surface area contributed by atoms with Crippen LogP contribution in [0.4, 0.5) is 0 Å². The molecule has 2 nitrogen and oxygen atoms in total. The number of esters is 1. The van der Waals surface area contributed by atoms with Gasteiger partial charge in [0.25, 0.3) is 0 Å². The highest BCUT2D eigenvalue weighted by atomic mass is 16.5. The zero-order valence-electron chi connectivity index (χ0n) is 11.2. The number of carbonyl (C=O) groups is 1. The van der Waals surface area contributed by atoms with E-state index in [4.69, 9.17) is 0 Å². The summed E-state index contributed by atoms with van der Waals surface area (Å²) in [6, 6.07) is 8.23. The highest BCUT2D eigenvalue weighted by molar-refractivity contribution is 5.92. The van der Waals surface area contributed by atoms with Crippen molar-refractivity contribution in [3.05, 3.63) is 41.0 Å². The molecule has 0 aliphatic heterocycles. The lowest BCUT2D eigenvalue weighted by atomic mass is 9.86. The van der Waals surface area contributed by atoms with Crippen molar-refractivity contribution in [2.24, 2.45) is 0 Å². The van der Waals surface area contributed by atoms with Crippen molar-refractivity contribution >= 4 is 12.0 Å². The van der Waals surface area contributed by atoms with E-state index >= 15 is 0 Å². The van der Waals surface area contributed by atoms with Crippen molar-refractivity contribution in [3.63, 3.8) is 0 Å². The van der Waals surface area contributed by atoms with Crippen molar-refractivity contribution in [1.82, 2.24) is 0 Å². The zero-order valence-corrected chi connectivity index (χ0v) is 11.2. The Kier molecular flexibility index (Phi) is 4.11. The monoisotopic (exact) mass is 232 g/mol. The van der Waals surface area contributed by atoms with E-state index in [1.54, 1.807) is 6.92 Å². The Morgan fingerprint density at radius 1 is 1.18 bits per heavy atom. The molecule has 0 radical (unpaired) electrons. The number of methoxy groups -OCH3 is 1. The van der Waals surface area contributed by atoms with E-state index in [2.05, 4.69) is 37.6 Å². The average Bonchev–Trinajstić information content (AvgIpc) is 2.27. The summed E-state index contributed by atoms with van der Waals surface area (Å²) >= 11 is 0. The van der Waals surface area contributed by atoms with Crippen LogP contribution in [-0.4, -0.2) is 13.1 Å². The van der Waals surface area contributed by atoms with Crippen molar-refractivity contribution in [1.29, 1.82) is 0 Å². The van der Waals surface area contributed by atoms with Crippen molar-refractivity contribution in [3.8, 4) is 0 Å². The number of rotatable bonds is 2. The van der Waals surface area contributed by atoms with Crippen LogP contribution in [0.15, 0.2) is 29.8 Å². The average molecular weight is 232 g/mol. The Labute approximate surface area is 103 Å². The summed E-state index contributed by atoms with van der Waals surface area (Å²) in [7, 11) is 1.39.